The van der Waals surface area contributed by atoms with Crippen molar-refractivity contribution in [2.75, 3.05) is 24.9 Å². The summed E-state index contributed by atoms with van der Waals surface area (Å²) in [5.74, 6) is 0.527. The highest BCUT2D eigenvalue weighted by molar-refractivity contribution is 7.92. The number of hydrogen-bond acceptors (Lipinski definition) is 4. The number of methoxy groups -OCH3 is 1. The lowest BCUT2D eigenvalue weighted by Gasteiger charge is -2.27. The number of hydrogen-bond donors (Lipinski definition) is 1. The molecule has 0 saturated carbocycles. The molecule has 1 saturated heterocycles. The number of anilines is 1. The molecule has 1 fully saturated rings. The van der Waals surface area contributed by atoms with Gasteiger partial charge in [0.2, 0.25) is 0 Å². The van der Waals surface area contributed by atoms with Crippen molar-refractivity contribution in [3.05, 3.63) is 53.6 Å². The molecule has 0 radical (unpaired) electrons. The van der Waals surface area contributed by atoms with Gasteiger partial charge in [-0.2, -0.15) is 0 Å². The molecule has 0 spiro atoms. The van der Waals surface area contributed by atoms with Crippen molar-refractivity contribution in [3.63, 3.8) is 0 Å². The molecule has 2 aromatic carbocycles. The molecule has 1 N–H and O–H groups in total. The summed E-state index contributed by atoms with van der Waals surface area (Å²) < 4.78 is 33.0. The van der Waals surface area contributed by atoms with Crippen LogP contribution in [0.2, 0.25) is 0 Å². The van der Waals surface area contributed by atoms with Crippen LogP contribution in [0.4, 0.5) is 5.69 Å². The summed E-state index contributed by atoms with van der Waals surface area (Å²) in [7, 11) is -2.23. The molecule has 0 aliphatic carbocycles. The molecule has 0 unspecified atom stereocenters. The Labute approximate surface area is 160 Å². The molecule has 0 bridgehead atoms. The fourth-order valence-corrected chi connectivity index (χ4v) is 4.22. The molecule has 27 heavy (non-hydrogen) atoms. The number of sulfonamides is 1. The van der Waals surface area contributed by atoms with Crippen LogP contribution in [-0.2, 0) is 10.0 Å². The Kier molecular flexibility index (Phi) is 5.70. The standard InChI is InChI=1S/C20H24N2O4S/c1-15-6-7-16(20(23)22-12-4-3-5-13-22)14-19(15)21-27(24,25)18-10-8-17(26-2)9-11-18/h6-11,14,21H,3-5,12-13H2,1-2H3. The second kappa shape index (κ2) is 8.00. The molecule has 1 amide bonds. The topological polar surface area (TPSA) is 75.7 Å². The van der Waals surface area contributed by atoms with Gasteiger partial charge in [0.05, 0.1) is 17.7 Å². The second-order valence-corrected chi connectivity index (χ2v) is 8.35. The molecule has 0 atom stereocenters. The van der Waals surface area contributed by atoms with Crippen LogP contribution in [0, 0.1) is 6.92 Å². The van der Waals surface area contributed by atoms with Gasteiger partial charge in [0.1, 0.15) is 5.75 Å². The highest BCUT2D eigenvalue weighted by atomic mass is 32.2. The first-order chi connectivity index (χ1) is 12.9. The van der Waals surface area contributed by atoms with Gasteiger partial charge in [0.25, 0.3) is 15.9 Å². The smallest absolute Gasteiger partial charge is 0.261 e. The summed E-state index contributed by atoms with van der Waals surface area (Å²) >= 11 is 0. The normalized spacial score (nSPS) is 14.7. The maximum absolute atomic E-state index is 12.7. The molecule has 1 aliphatic rings. The SMILES string of the molecule is COc1ccc(S(=O)(=O)Nc2cc(C(=O)N3CCCCC3)ccc2C)cc1. The van der Waals surface area contributed by atoms with Crippen molar-refractivity contribution in [1.29, 1.82) is 0 Å². The Hall–Kier alpha value is -2.54. The number of carbonyl (C=O) groups is 1. The number of nitrogens with one attached hydrogen (secondary N) is 1. The number of amides is 1. The summed E-state index contributed by atoms with van der Waals surface area (Å²) in [5.41, 5.74) is 1.66. The summed E-state index contributed by atoms with van der Waals surface area (Å²) in [6, 6.07) is 11.3. The fraction of sp³-hybridized carbons (Fsp3) is 0.350. The van der Waals surface area contributed by atoms with Crippen LogP contribution >= 0.6 is 0 Å². The van der Waals surface area contributed by atoms with E-state index in [1.807, 2.05) is 4.90 Å². The van der Waals surface area contributed by atoms with Crippen molar-refractivity contribution >= 4 is 21.6 Å². The van der Waals surface area contributed by atoms with E-state index in [0.29, 0.717) is 17.0 Å². The van der Waals surface area contributed by atoms with Crippen molar-refractivity contribution in [3.8, 4) is 5.75 Å². The minimum absolute atomic E-state index is 0.0559. The van der Waals surface area contributed by atoms with Crippen molar-refractivity contribution in [1.82, 2.24) is 4.90 Å². The lowest BCUT2D eigenvalue weighted by Crippen LogP contribution is -2.35. The molecular formula is C20H24N2O4S. The van der Waals surface area contributed by atoms with Crippen molar-refractivity contribution < 1.29 is 17.9 Å². The Bertz CT molecular complexity index is 917. The molecule has 0 aromatic heterocycles. The van der Waals surface area contributed by atoms with Gasteiger partial charge in [-0.15, -0.1) is 0 Å². The minimum Gasteiger partial charge on any atom is -0.497 e. The predicted molar refractivity (Wildman–Crippen MR) is 105 cm³/mol. The zero-order valence-corrected chi connectivity index (χ0v) is 16.4. The Morgan fingerprint density at radius 2 is 1.70 bits per heavy atom. The Morgan fingerprint density at radius 3 is 2.33 bits per heavy atom. The number of ether oxygens (including phenoxy) is 1. The third-order valence-electron chi connectivity index (χ3n) is 4.74. The predicted octanol–water partition coefficient (Wildman–Crippen LogP) is 3.43. The van der Waals surface area contributed by atoms with Crippen LogP contribution in [-0.4, -0.2) is 39.4 Å². The summed E-state index contributed by atoms with van der Waals surface area (Å²) in [5, 5.41) is 0. The van der Waals surface area contributed by atoms with E-state index in [9.17, 15) is 13.2 Å². The van der Waals surface area contributed by atoms with E-state index in [-0.39, 0.29) is 10.8 Å². The lowest BCUT2D eigenvalue weighted by atomic mass is 10.1. The van der Waals surface area contributed by atoms with E-state index in [0.717, 1.165) is 37.9 Å². The quantitative estimate of drug-likeness (QED) is 0.851. The molecule has 1 heterocycles. The van der Waals surface area contributed by atoms with Crippen LogP contribution in [0.25, 0.3) is 0 Å². The summed E-state index contributed by atoms with van der Waals surface area (Å²) in [4.78, 5) is 14.7. The lowest BCUT2D eigenvalue weighted by molar-refractivity contribution is 0.0724. The van der Waals surface area contributed by atoms with Crippen molar-refractivity contribution in [2.45, 2.75) is 31.1 Å². The molecule has 2 aromatic rings. The number of nitrogens with zero attached hydrogens (tertiary/aromatic N) is 1. The van der Waals surface area contributed by atoms with Crippen LogP contribution < -0.4 is 9.46 Å². The van der Waals surface area contributed by atoms with Gasteiger partial charge in [-0.05, 0) is 68.1 Å². The van der Waals surface area contributed by atoms with Gasteiger partial charge in [-0.25, -0.2) is 8.42 Å². The van der Waals surface area contributed by atoms with E-state index in [1.165, 1.54) is 19.2 Å². The Balaban J connectivity index is 1.84. The van der Waals surface area contributed by atoms with E-state index in [4.69, 9.17) is 4.74 Å². The largest absolute Gasteiger partial charge is 0.497 e. The number of rotatable bonds is 5. The van der Waals surface area contributed by atoms with Crippen LogP contribution in [0.15, 0.2) is 47.4 Å². The van der Waals surface area contributed by atoms with E-state index in [1.54, 1.807) is 37.3 Å². The highest BCUT2D eigenvalue weighted by Gasteiger charge is 2.20. The van der Waals surface area contributed by atoms with Gasteiger partial charge in [0, 0.05) is 18.7 Å². The van der Waals surface area contributed by atoms with Crippen LogP contribution in [0.3, 0.4) is 0 Å². The fourth-order valence-electron chi connectivity index (χ4n) is 3.10. The van der Waals surface area contributed by atoms with E-state index >= 15 is 0 Å². The second-order valence-electron chi connectivity index (χ2n) is 6.66. The summed E-state index contributed by atoms with van der Waals surface area (Å²) in [6.07, 6.45) is 3.16. The van der Waals surface area contributed by atoms with Crippen LogP contribution in [0.1, 0.15) is 35.2 Å². The van der Waals surface area contributed by atoms with Gasteiger partial charge >= 0.3 is 0 Å². The first-order valence-electron chi connectivity index (χ1n) is 8.97. The van der Waals surface area contributed by atoms with Crippen molar-refractivity contribution in [2.24, 2.45) is 0 Å². The Morgan fingerprint density at radius 1 is 1.04 bits per heavy atom. The monoisotopic (exact) mass is 388 g/mol. The molecule has 7 heteroatoms. The van der Waals surface area contributed by atoms with Gasteiger partial charge < -0.3 is 9.64 Å². The molecule has 144 valence electrons. The molecule has 3 rings (SSSR count). The maximum atomic E-state index is 12.7. The molecule has 1 aliphatic heterocycles. The number of benzene rings is 2. The zero-order chi connectivity index (χ0) is 19.4. The van der Waals surface area contributed by atoms with E-state index in [2.05, 4.69) is 4.72 Å². The van der Waals surface area contributed by atoms with Gasteiger partial charge in [0.15, 0.2) is 0 Å². The average molecular weight is 388 g/mol. The number of carbonyl (C=O) groups excluding carboxylic acids is 1. The average Bonchev–Trinajstić information content (AvgIpc) is 2.69. The van der Waals surface area contributed by atoms with Gasteiger partial charge in [-0.1, -0.05) is 6.07 Å². The maximum Gasteiger partial charge on any atom is 0.261 e. The number of likely N-dealkylation sites (tertiary alicyclic amines) is 1. The van der Waals surface area contributed by atoms with Crippen LogP contribution in [0.5, 0.6) is 5.75 Å². The van der Waals surface area contributed by atoms with Gasteiger partial charge in [-0.3, -0.25) is 9.52 Å². The first kappa shape index (κ1) is 19.2. The zero-order valence-electron chi connectivity index (χ0n) is 15.6. The molecular weight excluding hydrogens is 364 g/mol. The highest BCUT2D eigenvalue weighted by Crippen LogP contribution is 2.24. The number of aryl methyl sites for hydroxylation is 1. The third kappa shape index (κ3) is 4.42. The number of piperidine rings is 1. The third-order valence-corrected chi connectivity index (χ3v) is 6.12. The van der Waals surface area contributed by atoms with E-state index < -0.39 is 10.0 Å². The first-order valence-corrected chi connectivity index (χ1v) is 10.5. The molecule has 6 nitrogen and oxygen atoms in total. The minimum atomic E-state index is -3.76. The summed E-state index contributed by atoms with van der Waals surface area (Å²) in [6.45, 7) is 3.31.